The molecule has 2 atom stereocenters. The van der Waals surface area contributed by atoms with E-state index in [0.717, 1.165) is 36.9 Å². The van der Waals surface area contributed by atoms with E-state index in [-0.39, 0.29) is 18.0 Å². The number of nitrogens with zero attached hydrogens (tertiary/aromatic N) is 2. The smallest absolute Gasteiger partial charge is 0.258 e. The van der Waals surface area contributed by atoms with Crippen molar-refractivity contribution >= 4 is 32.4 Å². The number of carbonyl (C=O) groups excluding carboxylic acids is 1. The maximum Gasteiger partial charge on any atom is 0.258 e. The third kappa shape index (κ3) is 2.05. The van der Waals surface area contributed by atoms with Gasteiger partial charge in [0.1, 0.15) is 0 Å². The summed E-state index contributed by atoms with van der Waals surface area (Å²) in [6.45, 7) is 1.56. The van der Waals surface area contributed by atoms with Crippen LogP contribution in [0.4, 0.5) is 5.69 Å². The number of benzene rings is 2. The molecule has 3 aliphatic heterocycles. The van der Waals surface area contributed by atoms with Crippen LogP contribution in [-0.2, 0) is 10.0 Å². The maximum absolute atomic E-state index is 13.6. The van der Waals surface area contributed by atoms with Gasteiger partial charge in [-0.2, -0.15) is 4.31 Å². The molecule has 5 rings (SSSR count). The van der Waals surface area contributed by atoms with Crippen LogP contribution in [-0.4, -0.2) is 50.9 Å². The van der Waals surface area contributed by atoms with E-state index in [1.165, 1.54) is 0 Å². The molecule has 2 aromatic carbocycles. The molecule has 3 heterocycles. The van der Waals surface area contributed by atoms with Crippen LogP contribution in [0.5, 0.6) is 0 Å². The molecular formula is C19H21N3O3S. The molecular weight excluding hydrogens is 350 g/mol. The molecule has 2 saturated heterocycles. The number of nitrogens with one attached hydrogen (secondary N) is 1. The lowest BCUT2D eigenvalue weighted by Crippen LogP contribution is -2.42. The number of carbonyl (C=O) groups is 1. The number of sulfonamides is 1. The summed E-state index contributed by atoms with van der Waals surface area (Å²) < 4.78 is 29.0. The van der Waals surface area contributed by atoms with Crippen molar-refractivity contribution in [2.24, 2.45) is 0 Å². The van der Waals surface area contributed by atoms with E-state index in [9.17, 15) is 13.2 Å². The zero-order valence-corrected chi connectivity index (χ0v) is 15.4. The lowest BCUT2D eigenvalue weighted by Gasteiger charge is -2.27. The molecule has 2 unspecified atom stereocenters. The Morgan fingerprint density at radius 1 is 1.08 bits per heavy atom. The quantitative estimate of drug-likeness (QED) is 0.876. The Balaban J connectivity index is 1.72. The van der Waals surface area contributed by atoms with E-state index in [1.807, 2.05) is 6.07 Å². The molecule has 6 nitrogen and oxygen atoms in total. The first-order valence-corrected chi connectivity index (χ1v) is 10.5. The van der Waals surface area contributed by atoms with Gasteiger partial charge < -0.3 is 10.2 Å². The maximum atomic E-state index is 13.6. The van der Waals surface area contributed by atoms with E-state index < -0.39 is 10.0 Å². The predicted molar refractivity (Wildman–Crippen MR) is 100 cm³/mol. The highest BCUT2D eigenvalue weighted by molar-refractivity contribution is 7.89. The Kier molecular flexibility index (Phi) is 3.44. The minimum absolute atomic E-state index is 0.0137. The van der Waals surface area contributed by atoms with Crippen molar-refractivity contribution in [2.75, 3.05) is 25.0 Å². The number of anilines is 1. The molecule has 1 amide bonds. The normalized spacial score (nSPS) is 25.9. The highest BCUT2D eigenvalue weighted by Gasteiger charge is 2.44. The Morgan fingerprint density at radius 2 is 1.88 bits per heavy atom. The zero-order chi connectivity index (χ0) is 18.1. The van der Waals surface area contributed by atoms with Crippen molar-refractivity contribution in [1.82, 2.24) is 9.62 Å². The summed E-state index contributed by atoms with van der Waals surface area (Å²) in [6, 6.07) is 8.88. The highest BCUT2D eigenvalue weighted by atomic mass is 32.2. The molecule has 0 aliphatic carbocycles. The first kappa shape index (κ1) is 16.2. The van der Waals surface area contributed by atoms with Gasteiger partial charge in [0.2, 0.25) is 10.0 Å². The minimum Gasteiger partial charge on any atom is -0.315 e. The number of fused-ring (bicyclic) bond motifs is 2. The van der Waals surface area contributed by atoms with Crippen LogP contribution in [0, 0.1) is 0 Å². The van der Waals surface area contributed by atoms with Gasteiger partial charge in [0.15, 0.2) is 0 Å². The number of hydrogen-bond donors (Lipinski definition) is 1. The third-order valence-corrected chi connectivity index (χ3v) is 8.08. The Labute approximate surface area is 152 Å². The van der Waals surface area contributed by atoms with Crippen molar-refractivity contribution in [3.63, 3.8) is 0 Å². The van der Waals surface area contributed by atoms with Crippen molar-refractivity contribution < 1.29 is 13.2 Å². The zero-order valence-electron chi connectivity index (χ0n) is 14.6. The minimum atomic E-state index is -3.63. The molecule has 1 N–H and O–H groups in total. The molecule has 0 spiro atoms. The Bertz CT molecular complexity index is 1020. The molecule has 7 heteroatoms. The van der Waals surface area contributed by atoms with Gasteiger partial charge in [-0.15, -0.1) is 0 Å². The van der Waals surface area contributed by atoms with Crippen molar-refractivity contribution in [2.45, 2.75) is 36.2 Å². The van der Waals surface area contributed by atoms with Gasteiger partial charge in [0, 0.05) is 42.0 Å². The monoisotopic (exact) mass is 371 g/mol. The van der Waals surface area contributed by atoms with Crippen LogP contribution < -0.4 is 10.2 Å². The lowest BCUT2D eigenvalue weighted by molar-refractivity contribution is 0.0999. The summed E-state index contributed by atoms with van der Waals surface area (Å²) in [6.07, 6.45) is 2.67. The molecule has 0 radical (unpaired) electrons. The lowest BCUT2D eigenvalue weighted by atomic mass is 10.1. The summed E-state index contributed by atoms with van der Waals surface area (Å²) in [5, 5.41) is 4.75. The molecule has 136 valence electrons. The van der Waals surface area contributed by atoms with Crippen molar-refractivity contribution in [3.05, 3.63) is 35.9 Å². The molecule has 0 saturated carbocycles. The first-order valence-electron chi connectivity index (χ1n) is 9.08. The van der Waals surface area contributed by atoms with E-state index in [4.69, 9.17) is 0 Å². The van der Waals surface area contributed by atoms with E-state index in [2.05, 4.69) is 5.32 Å². The van der Waals surface area contributed by atoms with E-state index in [0.29, 0.717) is 22.4 Å². The second kappa shape index (κ2) is 5.52. The van der Waals surface area contributed by atoms with Gasteiger partial charge in [-0.1, -0.05) is 12.1 Å². The Morgan fingerprint density at radius 3 is 2.73 bits per heavy atom. The van der Waals surface area contributed by atoms with Crippen LogP contribution >= 0.6 is 0 Å². The number of amides is 1. The SMILES string of the molecule is CN1C(=O)c2cccc3c(S(=O)(=O)N4C5CCNCC4CC5)ccc1c23. The number of rotatable bonds is 2. The van der Waals surface area contributed by atoms with Gasteiger partial charge in [0.05, 0.1) is 10.6 Å². The van der Waals surface area contributed by atoms with Crippen LogP contribution in [0.25, 0.3) is 10.8 Å². The van der Waals surface area contributed by atoms with Crippen LogP contribution in [0.15, 0.2) is 35.2 Å². The summed E-state index contributed by atoms with van der Waals surface area (Å²) in [4.78, 5) is 14.4. The fourth-order valence-electron chi connectivity index (χ4n) is 4.78. The van der Waals surface area contributed by atoms with Crippen molar-refractivity contribution in [3.8, 4) is 0 Å². The van der Waals surface area contributed by atoms with Crippen LogP contribution in [0.1, 0.15) is 29.6 Å². The van der Waals surface area contributed by atoms with E-state index in [1.54, 1.807) is 40.5 Å². The van der Waals surface area contributed by atoms with Crippen molar-refractivity contribution in [1.29, 1.82) is 0 Å². The molecule has 3 aliphatic rings. The van der Waals surface area contributed by atoms with Crippen LogP contribution in [0.3, 0.4) is 0 Å². The largest absolute Gasteiger partial charge is 0.315 e. The summed E-state index contributed by atoms with van der Waals surface area (Å²) in [5.74, 6) is -0.0841. The van der Waals surface area contributed by atoms with Gasteiger partial charge in [-0.05, 0) is 44.0 Å². The van der Waals surface area contributed by atoms with Gasteiger partial charge >= 0.3 is 0 Å². The third-order valence-electron chi connectivity index (χ3n) is 6.02. The Hall–Kier alpha value is -1.96. The predicted octanol–water partition coefficient (Wildman–Crippen LogP) is 1.94. The van der Waals surface area contributed by atoms with Crippen LogP contribution in [0.2, 0.25) is 0 Å². The molecule has 2 bridgehead atoms. The van der Waals surface area contributed by atoms with E-state index >= 15 is 0 Å². The fourth-order valence-corrected chi connectivity index (χ4v) is 6.87. The molecule has 26 heavy (non-hydrogen) atoms. The number of hydrogen-bond acceptors (Lipinski definition) is 4. The summed E-state index contributed by atoms with van der Waals surface area (Å²) >= 11 is 0. The second-order valence-corrected chi connectivity index (χ2v) is 9.20. The van der Waals surface area contributed by atoms with Gasteiger partial charge in [-0.3, -0.25) is 4.79 Å². The second-order valence-electron chi connectivity index (χ2n) is 7.39. The van der Waals surface area contributed by atoms with Gasteiger partial charge in [0.25, 0.3) is 5.91 Å². The average molecular weight is 371 g/mol. The first-order chi connectivity index (χ1) is 12.5. The summed E-state index contributed by atoms with van der Waals surface area (Å²) in [5.41, 5.74) is 1.36. The standard InChI is InChI=1S/C19H21N3O3S/c1-21-16-7-8-17(14-3-2-4-15(18(14)16)19(21)23)26(24,25)22-12-5-6-13(22)11-20-10-9-12/h2-4,7-8,12-13,20H,5-6,9-11H2,1H3. The van der Waals surface area contributed by atoms with Gasteiger partial charge in [-0.25, -0.2) is 8.42 Å². The fraction of sp³-hybridized carbons (Fsp3) is 0.421. The summed E-state index contributed by atoms with van der Waals surface area (Å²) in [7, 11) is -1.90. The molecule has 2 fully saturated rings. The average Bonchev–Trinajstić information content (AvgIpc) is 3.04. The molecule has 2 aromatic rings. The molecule has 0 aromatic heterocycles. The highest BCUT2D eigenvalue weighted by Crippen LogP contribution is 2.42. The topological polar surface area (TPSA) is 69.7 Å².